The molecule has 0 radical (unpaired) electrons. The molecule has 6 heteroatoms. The molecule has 1 aromatic carbocycles. The number of hydrogen-bond donors (Lipinski definition) is 0. The molecule has 0 bridgehead atoms. The summed E-state index contributed by atoms with van der Waals surface area (Å²) in [6, 6.07) is 9.71. The molecule has 0 aliphatic heterocycles. The number of rotatable bonds is 9. The molecule has 0 saturated carbocycles. The van der Waals surface area contributed by atoms with Crippen molar-refractivity contribution in [2.24, 2.45) is 0 Å². The Morgan fingerprint density at radius 2 is 1.82 bits per heavy atom. The van der Waals surface area contributed by atoms with Gasteiger partial charge in [0.15, 0.2) is 6.10 Å². The second-order valence-electron chi connectivity index (χ2n) is 5.13. The molecule has 4 nitrogen and oxygen atoms in total. The summed E-state index contributed by atoms with van der Waals surface area (Å²) in [5.74, 6) is 1.09. The SMILES string of the molecule is CCCSP(=O)(OCC)OC(C#N)c1ccc(C(C)C)cc1. The van der Waals surface area contributed by atoms with E-state index in [9.17, 15) is 9.83 Å². The topological polar surface area (TPSA) is 59.3 Å². The summed E-state index contributed by atoms with van der Waals surface area (Å²) < 4.78 is 23.5. The fourth-order valence-corrected chi connectivity index (χ4v) is 5.35. The Bertz CT molecular complexity index is 539. The quantitative estimate of drug-likeness (QED) is 0.541. The molecule has 122 valence electrons. The average molecular weight is 341 g/mol. The summed E-state index contributed by atoms with van der Waals surface area (Å²) in [5, 5.41) is 9.35. The highest BCUT2D eigenvalue weighted by Crippen LogP contribution is 2.63. The molecule has 1 aromatic rings. The van der Waals surface area contributed by atoms with Crippen molar-refractivity contribution >= 4 is 18.2 Å². The Kier molecular flexibility index (Phi) is 8.20. The van der Waals surface area contributed by atoms with Crippen molar-refractivity contribution in [2.45, 2.75) is 46.1 Å². The summed E-state index contributed by atoms with van der Waals surface area (Å²) >= 11 is 1.15. The Balaban J connectivity index is 2.90. The van der Waals surface area contributed by atoms with Gasteiger partial charge < -0.3 is 4.52 Å². The molecule has 0 N–H and O–H groups in total. The Labute approximate surface area is 137 Å². The van der Waals surface area contributed by atoms with Gasteiger partial charge in [-0.25, -0.2) is 4.57 Å². The lowest BCUT2D eigenvalue weighted by Crippen LogP contribution is -2.02. The molecule has 0 fully saturated rings. The van der Waals surface area contributed by atoms with Gasteiger partial charge in [0.2, 0.25) is 0 Å². The maximum atomic E-state index is 12.7. The highest BCUT2D eigenvalue weighted by atomic mass is 32.7. The van der Waals surface area contributed by atoms with Gasteiger partial charge in [-0.2, -0.15) is 5.26 Å². The fourth-order valence-electron chi connectivity index (χ4n) is 1.80. The molecule has 0 saturated heterocycles. The van der Waals surface area contributed by atoms with Crippen LogP contribution in [0.2, 0.25) is 0 Å². The van der Waals surface area contributed by atoms with Crippen LogP contribution < -0.4 is 0 Å². The maximum absolute atomic E-state index is 12.7. The molecule has 2 unspecified atom stereocenters. The van der Waals surface area contributed by atoms with Gasteiger partial charge >= 0.3 is 6.80 Å². The molecule has 0 spiro atoms. The van der Waals surface area contributed by atoms with Crippen LogP contribution in [-0.4, -0.2) is 12.4 Å². The van der Waals surface area contributed by atoms with Crippen LogP contribution in [0.15, 0.2) is 24.3 Å². The number of nitriles is 1. The van der Waals surface area contributed by atoms with E-state index in [1.807, 2.05) is 31.2 Å². The zero-order chi connectivity index (χ0) is 16.6. The lowest BCUT2D eigenvalue weighted by atomic mass is 10.0. The number of hydrogen-bond acceptors (Lipinski definition) is 5. The second-order valence-corrected chi connectivity index (χ2v) is 9.28. The van der Waals surface area contributed by atoms with Crippen molar-refractivity contribution in [1.82, 2.24) is 0 Å². The van der Waals surface area contributed by atoms with Gasteiger partial charge in [0, 0.05) is 5.75 Å². The van der Waals surface area contributed by atoms with Crippen LogP contribution in [0.5, 0.6) is 0 Å². The van der Waals surface area contributed by atoms with Crippen LogP contribution in [0, 0.1) is 11.3 Å². The molecule has 2 atom stereocenters. The average Bonchev–Trinajstić information content (AvgIpc) is 2.51. The van der Waals surface area contributed by atoms with Crippen molar-refractivity contribution in [3.63, 3.8) is 0 Å². The molecule has 22 heavy (non-hydrogen) atoms. The van der Waals surface area contributed by atoms with Gasteiger partial charge in [0.25, 0.3) is 0 Å². The van der Waals surface area contributed by atoms with E-state index in [2.05, 4.69) is 19.9 Å². The third-order valence-electron chi connectivity index (χ3n) is 3.00. The summed E-state index contributed by atoms with van der Waals surface area (Å²) in [6.45, 7) is 4.96. The zero-order valence-corrected chi connectivity index (χ0v) is 15.3. The number of benzene rings is 1. The first kappa shape index (κ1) is 19.3. The van der Waals surface area contributed by atoms with E-state index >= 15 is 0 Å². The third kappa shape index (κ3) is 5.78. The summed E-state index contributed by atoms with van der Waals surface area (Å²) in [7, 11) is 0. The monoisotopic (exact) mass is 341 g/mol. The van der Waals surface area contributed by atoms with Gasteiger partial charge in [0.1, 0.15) is 0 Å². The maximum Gasteiger partial charge on any atom is 0.390 e. The van der Waals surface area contributed by atoms with Gasteiger partial charge in [-0.1, -0.05) is 45.0 Å². The van der Waals surface area contributed by atoms with Gasteiger partial charge in [0.05, 0.1) is 12.7 Å². The van der Waals surface area contributed by atoms with Crippen LogP contribution in [0.1, 0.15) is 57.3 Å². The normalized spacial score (nSPS) is 15.3. The van der Waals surface area contributed by atoms with Crippen molar-refractivity contribution in [3.05, 3.63) is 35.4 Å². The molecule has 0 aliphatic carbocycles. The van der Waals surface area contributed by atoms with E-state index in [4.69, 9.17) is 9.05 Å². The zero-order valence-electron chi connectivity index (χ0n) is 13.6. The summed E-state index contributed by atoms with van der Waals surface area (Å²) in [6.07, 6.45) is -0.0197. The minimum atomic E-state index is -3.31. The standard InChI is InChI=1S/C16H24NO3PS/c1-5-11-22-21(18,19-6-2)20-16(12-17)15-9-7-14(8-10-15)13(3)4/h7-10,13,16H,5-6,11H2,1-4H3. The Hall–Kier alpha value is -0.790. The predicted molar refractivity (Wildman–Crippen MR) is 92.0 cm³/mol. The first-order chi connectivity index (χ1) is 10.5. The Morgan fingerprint density at radius 1 is 1.23 bits per heavy atom. The first-order valence-electron chi connectivity index (χ1n) is 7.52. The highest BCUT2D eigenvalue weighted by molar-refractivity contribution is 8.55. The minimum Gasteiger partial charge on any atom is -0.301 e. The van der Waals surface area contributed by atoms with Crippen LogP contribution in [-0.2, 0) is 13.6 Å². The predicted octanol–water partition coefficient (Wildman–Crippen LogP) is 5.68. The largest absolute Gasteiger partial charge is 0.390 e. The van der Waals surface area contributed by atoms with E-state index in [0.29, 0.717) is 23.8 Å². The molecule has 0 heterocycles. The molecular weight excluding hydrogens is 317 g/mol. The van der Waals surface area contributed by atoms with Crippen LogP contribution in [0.3, 0.4) is 0 Å². The van der Waals surface area contributed by atoms with Crippen LogP contribution in [0.25, 0.3) is 0 Å². The second kappa shape index (κ2) is 9.37. The van der Waals surface area contributed by atoms with Crippen molar-refractivity contribution < 1.29 is 13.6 Å². The number of nitrogens with zero attached hydrogens (tertiary/aromatic N) is 1. The summed E-state index contributed by atoms with van der Waals surface area (Å²) in [4.78, 5) is 0. The smallest absolute Gasteiger partial charge is 0.301 e. The van der Waals surface area contributed by atoms with Crippen molar-refractivity contribution in [3.8, 4) is 6.07 Å². The van der Waals surface area contributed by atoms with Crippen molar-refractivity contribution in [1.29, 1.82) is 5.26 Å². The molecule has 0 aliphatic rings. The molecular formula is C16H24NO3PS. The first-order valence-corrected chi connectivity index (χ1v) is 10.7. The third-order valence-corrected chi connectivity index (χ3v) is 7.02. The lowest BCUT2D eigenvalue weighted by molar-refractivity contribution is 0.198. The summed E-state index contributed by atoms with van der Waals surface area (Å²) in [5.41, 5.74) is 1.89. The molecule has 1 rings (SSSR count). The van der Waals surface area contributed by atoms with Gasteiger partial charge in [-0.05, 0) is 41.8 Å². The van der Waals surface area contributed by atoms with Gasteiger partial charge in [-0.15, -0.1) is 0 Å². The van der Waals surface area contributed by atoms with Crippen molar-refractivity contribution in [2.75, 3.05) is 12.4 Å². The fraction of sp³-hybridized carbons (Fsp3) is 0.562. The van der Waals surface area contributed by atoms with Crippen LogP contribution in [0.4, 0.5) is 0 Å². The van der Waals surface area contributed by atoms with E-state index in [1.54, 1.807) is 6.92 Å². The highest BCUT2D eigenvalue weighted by Gasteiger charge is 2.30. The van der Waals surface area contributed by atoms with Crippen LogP contribution >= 0.6 is 18.2 Å². The van der Waals surface area contributed by atoms with E-state index < -0.39 is 12.9 Å². The minimum absolute atomic E-state index is 0.290. The molecule has 0 aromatic heterocycles. The van der Waals surface area contributed by atoms with E-state index in [-0.39, 0.29) is 0 Å². The van der Waals surface area contributed by atoms with Gasteiger partial charge in [-0.3, -0.25) is 4.52 Å². The Morgan fingerprint density at radius 3 is 2.27 bits per heavy atom. The molecule has 0 amide bonds. The lowest BCUT2D eigenvalue weighted by Gasteiger charge is -2.20. The van der Waals surface area contributed by atoms with E-state index in [0.717, 1.165) is 17.8 Å². The van der Waals surface area contributed by atoms with E-state index in [1.165, 1.54) is 5.56 Å².